The number of nitrogens with zero attached hydrogens (tertiary/aromatic N) is 6. The van der Waals surface area contributed by atoms with E-state index in [-0.39, 0.29) is 29.7 Å². The quantitative estimate of drug-likeness (QED) is 0.384. The van der Waals surface area contributed by atoms with Crippen molar-refractivity contribution in [3.05, 3.63) is 81.5 Å². The Labute approximate surface area is 199 Å². The second-order valence-corrected chi connectivity index (χ2v) is 7.83. The summed E-state index contributed by atoms with van der Waals surface area (Å²) in [5, 5.41) is 8.68. The average molecular weight is 510 g/mol. The van der Waals surface area contributed by atoms with Crippen molar-refractivity contribution in [2.45, 2.75) is 25.7 Å². The van der Waals surface area contributed by atoms with Crippen LogP contribution in [0.15, 0.2) is 53.3 Å². The number of hydrogen-bond donors (Lipinski definition) is 1. The largest absolute Gasteiger partial charge is 0.390 e. The number of halogens is 5. The first kappa shape index (κ1) is 24.1. The van der Waals surface area contributed by atoms with E-state index in [2.05, 4.69) is 15.2 Å². The Morgan fingerprint density at radius 1 is 1.09 bits per heavy atom. The van der Waals surface area contributed by atoms with Crippen LogP contribution in [0.1, 0.15) is 22.9 Å². The second-order valence-electron chi connectivity index (χ2n) is 7.40. The molecule has 0 radical (unpaired) electrons. The lowest BCUT2D eigenvalue weighted by atomic mass is 10.2. The third-order valence-corrected chi connectivity index (χ3v) is 5.11. The lowest BCUT2D eigenvalue weighted by Gasteiger charge is -2.08. The normalized spacial score (nSPS) is 11.7. The number of primary amides is 1. The van der Waals surface area contributed by atoms with Crippen LogP contribution < -0.4 is 11.4 Å². The van der Waals surface area contributed by atoms with Crippen molar-refractivity contribution in [2.75, 3.05) is 0 Å². The highest BCUT2D eigenvalue weighted by Crippen LogP contribution is 2.23. The minimum absolute atomic E-state index is 0.0180. The van der Waals surface area contributed by atoms with Gasteiger partial charge in [0.15, 0.2) is 11.6 Å². The lowest BCUT2D eigenvalue weighted by Crippen LogP contribution is -2.27. The molecule has 9 nitrogen and oxygen atoms in total. The summed E-state index contributed by atoms with van der Waals surface area (Å²) in [5.74, 6) is -1.99. The van der Waals surface area contributed by atoms with Gasteiger partial charge in [0.25, 0.3) is 5.91 Å². The van der Waals surface area contributed by atoms with Crippen LogP contribution >= 0.6 is 11.6 Å². The van der Waals surface area contributed by atoms with Crippen molar-refractivity contribution < 1.29 is 22.4 Å². The van der Waals surface area contributed by atoms with Crippen molar-refractivity contribution in [1.29, 1.82) is 0 Å². The lowest BCUT2D eigenvalue weighted by molar-refractivity contribution is -0.136. The predicted molar refractivity (Wildman–Crippen MR) is 117 cm³/mol. The number of benzene rings is 2. The van der Waals surface area contributed by atoms with Crippen LogP contribution in [0.25, 0.3) is 17.1 Å². The molecule has 0 saturated carbocycles. The number of aromatic nitrogens is 6. The Bertz CT molecular complexity index is 1440. The molecule has 0 fully saturated rings. The molecule has 0 saturated heterocycles. The molecule has 35 heavy (non-hydrogen) atoms. The summed E-state index contributed by atoms with van der Waals surface area (Å²) in [5.41, 5.74) is 5.04. The maximum Gasteiger partial charge on any atom is 0.390 e. The number of alkyl halides is 3. The zero-order valence-electron chi connectivity index (χ0n) is 17.7. The maximum atomic E-state index is 13.7. The smallest absolute Gasteiger partial charge is 0.363 e. The standard InChI is InChI=1S/C21H16ClF4N7O2/c22-13-6-4-12(5-7-13)18-30-32(20(35)31(18)9-8-21(24,25)26)11-16-28-19(17(27)34)33(29-16)15-3-1-2-14(23)10-15/h1-7,10H,8-9,11H2,(H2,27,34). The first-order valence-corrected chi connectivity index (χ1v) is 10.4. The fourth-order valence-electron chi connectivity index (χ4n) is 3.30. The van der Waals surface area contributed by atoms with Gasteiger partial charge in [0.1, 0.15) is 12.4 Å². The van der Waals surface area contributed by atoms with Crippen LogP contribution in [0, 0.1) is 5.82 Å². The monoisotopic (exact) mass is 509 g/mol. The number of rotatable bonds is 7. The van der Waals surface area contributed by atoms with Crippen molar-refractivity contribution in [3.8, 4) is 17.1 Å². The molecular formula is C21H16ClF4N7O2. The van der Waals surface area contributed by atoms with Crippen LogP contribution in [0.2, 0.25) is 5.02 Å². The highest BCUT2D eigenvalue weighted by Gasteiger charge is 2.29. The number of carbonyl (C=O) groups is 1. The van der Waals surface area contributed by atoms with E-state index < -0.39 is 36.6 Å². The van der Waals surface area contributed by atoms with E-state index in [1.165, 1.54) is 42.5 Å². The van der Waals surface area contributed by atoms with E-state index in [4.69, 9.17) is 17.3 Å². The molecule has 0 aliphatic heterocycles. The number of amides is 1. The van der Waals surface area contributed by atoms with Crippen molar-refractivity contribution in [3.63, 3.8) is 0 Å². The summed E-state index contributed by atoms with van der Waals surface area (Å²) in [7, 11) is 0. The van der Waals surface area contributed by atoms with Gasteiger partial charge < -0.3 is 5.73 Å². The van der Waals surface area contributed by atoms with E-state index >= 15 is 0 Å². The highest BCUT2D eigenvalue weighted by atomic mass is 35.5. The average Bonchev–Trinajstić information content (AvgIpc) is 3.34. The molecular weight excluding hydrogens is 494 g/mol. The van der Waals surface area contributed by atoms with Gasteiger partial charge in [0.2, 0.25) is 5.82 Å². The summed E-state index contributed by atoms with van der Waals surface area (Å²) < 4.78 is 55.0. The molecule has 1 amide bonds. The molecule has 2 N–H and O–H groups in total. The predicted octanol–water partition coefficient (Wildman–Crippen LogP) is 3.18. The summed E-state index contributed by atoms with van der Waals surface area (Å²) >= 11 is 5.88. The number of nitrogens with two attached hydrogens (primary N) is 1. The third kappa shape index (κ3) is 5.40. The van der Waals surface area contributed by atoms with E-state index in [9.17, 15) is 27.2 Å². The first-order chi connectivity index (χ1) is 16.5. The first-order valence-electron chi connectivity index (χ1n) is 10.0. The molecule has 182 valence electrons. The molecule has 2 heterocycles. The van der Waals surface area contributed by atoms with Gasteiger partial charge in [0.05, 0.1) is 12.1 Å². The Morgan fingerprint density at radius 3 is 2.43 bits per heavy atom. The molecule has 0 spiro atoms. The van der Waals surface area contributed by atoms with E-state index in [1.54, 1.807) is 0 Å². The SMILES string of the molecule is NC(=O)c1nc(Cn2nc(-c3ccc(Cl)cc3)n(CCC(F)(F)F)c2=O)nn1-c1cccc(F)c1. The summed E-state index contributed by atoms with van der Waals surface area (Å²) in [6.45, 7) is -1.06. The Hall–Kier alpha value is -4.00. The zero-order chi connectivity index (χ0) is 25.3. The van der Waals surface area contributed by atoms with E-state index in [0.717, 1.165) is 20.0 Å². The third-order valence-electron chi connectivity index (χ3n) is 4.86. The molecule has 14 heteroatoms. The molecule has 0 unspecified atom stereocenters. The zero-order valence-corrected chi connectivity index (χ0v) is 18.5. The van der Waals surface area contributed by atoms with Gasteiger partial charge in [-0.2, -0.15) is 13.2 Å². The van der Waals surface area contributed by atoms with Crippen molar-refractivity contribution in [2.24, 2.45) is 5.73 Å². The fourth-order valence-corrected chi connectivity index (χ4v) is 3.43. The molecule has 0 aliphatic carbocycles. The van der Waals surface area contributed by atoms with Crippen molar-refractivity contribution >= 4 is 17.5 Å². The van der Waals surface area contributed by atoms with Gasteiger partial charge in [0, 0.05) is 17.1 Å². The van der Waals surface area contributed by atoms with Gasteiger partial charge >= 0.3 is 11.9 Å². The highest BCUT2D eigenvalue weighted by molar-refractivity contribution is 6.30. The van der Waals surface area contributed by atoms with Gasteiger partial charge in [-0.15, -0.1) is 10.2 Å². The van der Waals surface area contributed by atoms with Crippen LogP contribution in [0.5, 0.6) is 0 Å². The second kappa shape index (κ2) is 9.33. The minimum atomic E-state index is -4.50. The van der Waals surface area contributed by atoms with Crippen LogP contribution in [-0.4, -0.2) is 41.2 Å². The molecule has 0 aliphatic rings. The van der Waals surface area contributed by atoms with Crippen LogP contribution in [0.3, 0.4) is 0 Å². The Kier molecular flexibility index (Phi) is 6.43. The van der Waals surface area contributed by atoms with Gasteiger partial charge in [-0.3, -0.25) is 9.36 Å². The molecule has 0 atom stereocenters. The fraction of sp³-hybridized carbons (Fsp3) is 0.190. The topological polar surface area (TPSA) is 114 Å². The minimum Gasteiger partial charge on any atom is -0.363 e. The van der Waals surface area contributed by atoms with E-state index in [1.807, 2.05) is 0 Å². The Balaban J connectivity index is 1.75. The summed E-state index contributed by atoms with van der Waals surface area (Å²) in [6.07, 6.45) is -5.75. The maximum absolute atomic E-state index is 13.7. The van der Waals surface area contributed by atoms with Crippen LogP contribution in [0.4, 0.5) is 17.6 Å². The summed E-state index contributed by atoms with van der Waals surface area (Å²) in [4.78, 5) is 28.8. The van der Waals surface area contributed by atoms with Gasteiger partial charge in [-0.25, -0.2) is 23.5 Å². The Morgan fingerprint density at radius 2 is 1.80 bits per heavy atom. The number of hydrogen-bond acceptors (Lipinski definition) is 5. The molecule has 2 aromatic carbocycles. The molecule has 4 rings (SSSR count). The van der Waals surface area contributed by atoms with Crippen LogP contribution in [-0.2, 0) is 13.1 Å². The number of carbonyl (C=O) groups excluding carboxylic acids is 1. The molecule has 2 aromatic heterocycles. The molecule has 0 bridgehead atoms. The van der Waals surface area contributed by atoms with Crippen molar-refractivity contribution in [1.82, 2.24) is 29.1 Å². The van der Waals surface area contributed by atoms with E-state index in [0.29, 0.717) is 10.6 Å². The van der Waals surface area contributed by atoms with Gasteiger partial charge in [-0.1, -0.05) is 17.7 Å². The van der Waals surface area contributed by atoms with Gasteiger partial charge in [-0.05, 0) is 42.5 Å². The molecule has 4 aromatic rings. The summed E-state index contributed by atoms with van der Waals surface area (Å²) in [6, 6.07) is 11.2.